The Morgan fingerprint density at radius 1 is 1.19 bits per heavy atom. The standard InChI is InChI=1S/C12H27NO2S/c1-6-16(14,15)9-7-8-12(10(2)3)11(4)13-5/h10-13H,6-9H2,1-5H3. The molecule has 0 aromatic carbocycles. The second kappa shape index (κ2) is 7.28. The summed E-state index contributed by atoms with van der Waals surface area (Å²) in [6.07, 6.45) is 1.77. The fraction of sp³-hybridized carbons (Fsp3) is 1.00. The van der Waals surface area contributed by atoms with Crippen LogP contribution in [0.3, 0.4) is 0 Å². The van der Waals surface area contributed by atoms with Gasteiger partial charge in [-0.3, -0.25) is 0 Å². The molecule has 0 radical (unpaired) electrons. The second-order valence-corrected chi connectivity index (χ2v) is 7.34. The van der Waals surface area contributed by atoms with Crippen molar-refractivity contribution in [1.82, 2.24) is 5.32 Å². The second-order valence-electron chi connectivity index (χ2n) is 4.86. The molecule has 0 rings (SSSR count). The van der Waals surface area contributed by atoms with Gasteiger partial charge in [-0.05, 0) is 38.6 Å². The summed E-state index contributed by atoms with van der Waals surface area (Å²) in [6.45, 7) is 8.28. The van der Waals surface area contributed by atoms with E-state index in [1.54, 1.807) is 6.92 Å². The molecule has 16 heavy (non-hydrogen) atoms. The van der Waals surface area contributed by atoms with Crippen molar-refractivity contribution in [2.45, 2.75) is 46.6 Å². The number of hydrogen-bond donors (Lipinski definition) is 1. The highest BCUT2D eigenvalue weighted by molar-refractivity contribution is 7.91. The zero-order valence-corrected chi connectivity index (χ0v) is 12.1. The Morgan fingerprint density at radius 3 is 2.12 bits per heavy atom. The molecule has 1 N–H and O–H groups in total. The molecule has 0 heterocycles. The minimum Gasteiger partial charge on any atom is -0.317 e. The van der Waals surface area contributed by atoms with Crippen LogP contribution in [-0.2, 0) is 9.84 Å². The number of hydrogen-bond acceptors (Lipinski definition) is 3. The first-order valence-electron chi connectivity index (χ1n) is 6.21. The maximum Gasteiger partial charge on any atom is 0.150 e. The van der Waals surface area contributed by atoms with Crippen LogP contribution in [0.4, 0.5) is 0 Å². The Hall–Kier alpha value is -0.0900. The van der Waals surface area contributed by atoms with Crippen LogP contribution >= 0.6 is 0 Å². The topological polar surface area (TPSA) is 46.2 Å². The maximum absolute atomic E-state index is 11.4. The van der Waals surface area contributed by atoms with Crippen molar-refractivity contribution in [2.24, 2.45) is 11.8 Å². The van der Waals surface area contributed by atoms with Gasteiger partial charge in [0.25, 0.3) is 0 Å². The number of sulfone groups is 1. The van der Waals surface area contributed by atoms with Crippen molar-refractivity contribution >= 4 is 9.84 Å². The fourth-order valence-corrected chi connectivity index (χ4v) is 2.95. The molecule has 0 aliphatic carbocycles. The lowest BCUT2D eigenvalue weighted by Crippen LogP contribution is -2.34. The van der Waals surface area contributed by atoms with E-state index in [2.05, 4.69) is 26.1 Å². The molecule has 2 atom stereocenters. The van der Waals surface area contributed by atoms with Gasteiger partial charge in [0.2, 0.25) is 0 Å². The van der Waals surface area contributed by atoms with Crippen LogP contribution in [0.2, 0.25) is 0 Å². The molecule has 0 aromatic heterocycles. The molecule has 0 aromatic rings. The summed E-state index contributed by atoms with van der Waals surface area (Å²) in [4.78, 5) is 0. The smallest absolute Gasteiger partial charge is 0.150 e. The van der Waals surface area contributed by atoms with E-state index >= 15 is 0 Å². The van der Waals surface area contributed by atoms with Crippen LogP contribution in [0.25, 0.3) is 0 Å². The molecule has 0 spiro atoms. The normalized spacial score (nSPS) is 16.4. The number of rotatable bonds is 8. The third-order valence-corrected chi connectivity index (χ3v) is 5.18. The fourth-order valence-electron chi connectivity index (χ4n) is 2.06. The van der Waals surface area contributed by atoms with Gasteiger partial charge in [-0.2, -0.15) is 0 Å². The lowest BCUT2D eigenvalue weighted by atomic mass is 9.86. The van der Waals surface area contributed by atoms with Crippen molar-refractivity contribution < 1.29 is 8.42 Å². The first-order chi connectivity index (χ1) is 7.34. The zero-order valence-electron chi connectivity index (χ0n) is 11.3. The molecule has 0 saturated heterocycles. The third kappa shape index (κ3) is 5.85. The van der Waals surface area contributed by atoms with Crippen molar-refractivity contribution in [3.8, 4) is 0 Å². The molecule has 0 saturated carbocycles. The summed E-state index contributed by atoms with van der Waals surface area (Å²) < 4.78 is 22.7. The molecule has 4 heteroatoms. The predicted octanol–water partition coefficient (Wildman–Crippen LogP) is 2.08. The van der Waals surface area contributed by atoms with Gasteiger partial charge in [-0.25, -0.2) is 8.42 Å². The van der Waals surface area contributed by atoms with E-state index in [0.717, 1.165) is 12.8 Å². The lowest BCUT2D eigenvalue weighted by molar-refractivity contribution is 0.281. The van der Waals surface area contributed by atoms with Crippen LogP contribution in [0, 0.1) is 11.8 Å². The first-order valence-corrected chi connectivity index (χ1v) is 8.03. The summed E-state index contributed by atoms with van der Waals surface area (Å²) in [5.41, 5.74) is 0. The highest BCUT2D eigenvalue weighted by atomic mass is 32.2. The Morgan fingerprint density at radius 2 is 1.75 bits per heavy atom. The van der Waals surface area contributed by atoms with Crippen molar-refractivity contribution in [2.75, 3.05) is 18.6 Å². The summed E-state index contributed by atoms with van der Waals surface area (Å²) in [7, 11) is -0.833. The average molecular weight is 249 g/mol. The van der Waals surface area contributed by atoms with Gasteiger partial charge in [0.05, 0.1) is 5.75 Å². The van der Waals surface area contributed by atoms with Crippen LogP contribution < -0.4 is 5.32 Å². The van der Waals surface area contributed by atoms with Crippen LogP contribution in [0.1, 0.15) is 40.5 Å². The lowest BCUT2D eigenvalue weighted by Gasteiger charge is -2.27. The minimum absolute atomic E-state index is 0.265. The highest BCUT2D eigenvalue weighted by Crippen LogP contribution is 2.21. The van der Waals surface area contributed by atoms with Crippen LogP contribution in [0.15, 0.2) is 0 Å². The van der Waals surface area contributed by atoms with Gasteiger partial charge in [0.15, 0.2) is 0 Å². The molecule has 0 aliphatic rings. The van der Waals surface area contributed by atoms with E-state index in [-0.39, 0.29) is 5.75 Å². The predicted molar refractivity (Wildman–Crippen MR) is 70.4 cm³/mol. The molecule has 0 amide bonds. The first kappa shape index (κ1) is 15.9. The van der Waals surface area contributed by atoms with Gasteiger partial charge in [0.1, 0.15) is 9.84 Å². The molecule has 3 nitrogen and oxygen atoms in total. The molecule has 0 fully saturated rings. The van der Waals surface area contributed by atoms with Gasteiger partial charge in [-0.1, -0.05) is 20.8 Å². The van der Waals surface area contributed by atoms with Gasteiger partial charge < -0.3 is 5.32 Å². The van der Waals surface area contributed by atoms with Crippen LogP contribution in [0.5, 0.6) is 0 Å². The van der Waals surface area contributed by atoms with E-state index in [1.807, 2.05) is 7.05 Å². The highest BCUT2D eigenvalue weighted by Gasteiger charge is 2.20. The SMILES string of the molecule is CCS(=O)(=O)CCCC(C(C)C)C(C)NC. The average Bonchev–Trinajstić information content (AvgIpc) is 2.23. The molecular weight excluding hydrogens is 222 g/mol. The van der Waals surface area contributed by atoms with E-state index in [4.69, 9.17) is 0 Å². The molecular formula is C12H27NO2S. The summed E-state index contributed by atoms with van der Waals surface area (Å²) in [5, 5.41) is 3.26. The molecule has 0 bridgehead atoms. The maximum atomic E-state index is 11.4. The minimum atomic E-state index is -2.79. The van der Waals surface area contributed by atoms with E-state index in [1.165, 1.54) is 0 Å². The van der Waals surface area contributed by atoms with Crippen molar-refractivity contribution in [3.05, 3.63) is 0 Å². The summed E-state index contributed by atoms with van der Waals surface area (Å²) in [5.74, 6) is 1.74. The van der Waals surface area contributed by atoms with E-state index in [9.17, 15) is 8.42 Å². The summed E-state index contributed by atoms with van der Waals surface area (Å²) >= 11 is 0. The molecule has 0 aliphatic heterocycles. The number of nitrogens with one attached hydrogen (secondary N) is 1. The van der Waals surface area contributed by atoms with E-state index in [0.29, 0.717) is 23.6 Å². The quantitative estimate of drug-likeness (QED) is 0.716. The van der Waals surface area contributed by atoms with Gasteiger partial charge in [-0.15, -0.1) is 0 Å². The zero-order chi connectivity index (χ0) is 12.8. The van der Waals surface area contributed by atoms with Gasteiger partial charge >= 0.3 is 0 Å². The Labute approximate surface area is 101 Å². The van der Waals surface area contributed by atoms with Gasteiger partial charge in [0, 0.05) is 11.8 Å². The third-order valence-electron chi connectivity index (χ3n) is 3.39. The Kier molecular flexibility index (Phi) is 7.24. The largest absolute Gasteiger partial charge is 0.317 e. The van der Waals surface area contributed by atoms with E-state index < -0.39 is 9.84 Å². The molecule has 98 valence electrons. The van der Waals surface area contributed by atoms with Crippen LogP contribution in [-0.4, -0.2) is 33.0 Å². The monoisotopic (exact) mass is 249 g/mol. The molecule has 2 unspecified atom stereocenters. The summed E-state index contributed by atoms with van der Waals surface area (Å²) in [6, 6.07) is 0.448. The Balaban J connectivity index is 4.14. The van der Waals surface area contributed by atoms with Crippen molar-refractivity contribution in [1.29, 1.82) is 0 Å². The van der Waals surface area contributed by atoms with Crippen molar-refractivity contribution in [3.63, 3.8) is 0 Å². The Bertz CT molecular complexity index is 273.